The van der Waals surface area contributed by atoms with Gasteiger partial charge in [-0.25, -0.2) is 19.6 Å². The zero-order valence-electron chi connectivity index (χ0n) is 21.7. The monoisotopic (exact) mass is 614 g/mol. The van der Waals surface area contributed by atoms with Crippen LogP contribution in [0.25, 0.3) is 11.4 Å². The van der Waals surface area contributed by atoms with E-state index in [1.807, 2.05) is 23.7 Å². The number of nitriles is 1. The highest BCUT2D eigenvalue weighted by Gasteiger charge is 2.27. The van der Waals surface area contributed by atoms with Gasteiger partial charge in [0.15, 0.2) is 5.82 Å². The van der Waals surface area contributed by atoms with Crippen molar-refractivity contribution in [3.05, 3.63) is 86.5 Å². The van der Waals surface area contributed by atoms with E-state index in [9.17, 15) is 10.1 Å². The highest BCUT2D eigenvalue weighted by Crippen LogP contribution is 2.37. The SMILES string of the molecule is Cc1nc(-c2cnc(N3CCc4c(sc(NC(=O)c5cnn(C)c5)c4C#N)C3)nc2)nn1Cc1cccc(Br)c1. The summed E-state index contributed by atoms with van der Waals surface area (Å²) in [6.45, 7) is 3.75. The van der Waals surface area contributed by atoms with Gasteiger partial charge in [0.25, 0.3) is 5.91 Å². The molecule has 0 fully saturated rings. The quantitative estimate of drug-likeness (QED) is 0.299. The first-order valence-corrected chi connectivity index (χ1v) is 14.1. The van der Waals surface area contributed by atoms with Crippen LogP contribution >= 0.6 is 27.3 Å². The summed E-state index contributed by atoms with van der Waals surface area (Å²) in [5, 5.41) is 22.0. The first-order chi connectivity index (χ1) is 19.4. The molecule has 0 aliphatic carbocycles. The van der Waals surface area contributed by atoms with Crippen molar-refractivity contribution < 1.29 is 4.79 Å². The van der Waals surface area contributed by atoms with Gasteiger partial charge in [-0.1, -0.05) is 28.1 Å². The number of hydrogen-bond donors (Lipinski definition) is 1. The Balaban J connectivity index is 1.17. The summed E-state index contributed by atoms with van der Waals surface area (Å²) in [4.78, 5) is 29.6. The van der Waals surface area contributed by atoms with Gasteiger partial charge in [0, 0.05) is 41.5 Å². The molecule has 4 aromatic heterocycles. The van der Waals surface area contributed by atoms with Crippen molar-refractivity contribution in [2.45, 2.75) is 26.4 Å². The molecule has 1 aliphatic rings. The number of rotatable bonds is 6. The van der Waals surface area contributed by atoms with Crippen LogP contribution in [0.5, 0.6) is 0 Å². The third-order valence-corrected chi connectivity index (χ3v) is 8.25. The third kappa shape index (κ3) is 5.11. The molecule has 1 amide bonds. The molecule has 0 radical (unpaired) electrons. The lowest BCUT2D eigenvalue weighted by Gasteiger charge is -2.26. The summed E-state index contributed by atoms with van der Waals surface area (Å²) in [5.74, 6) is 1.68. The van der Waals surface area contributed by atoms with E-state index in [-0.39, 0.29) is 5.91 Å². The second-order valence-electron chi connectivity index (χ2n) is 9.39. The van der Waals surface area contributed by atoms with E-state index in [1.54, 1.807) is 30.3 Å². The number of thiophene rings is 1. The maximum absolute atomic E-state index is 12.7. The van der Waals surface area contributed by atoms with Gasteiger partial charge < -0.3 is 10.2 Å². The van der Waals surface area contributed by atoms with Gasteiger partial charge in [-0.15, -0.1) is 11.3 Å². The van der Waals surface area contributed by atoms with Crippen molar-refractivity contribution in [1.29, 1.82) is 5.26 Å². The van der Waals surface area contributed by atoms with Gasteiger partial charge in [0.05, 0.1) is 36.0 Å². The Hall–Kier alpha value is -4.41. The molecule has 0 saturated carbocycles. The molecule has 11 nitrogen and oxygen atoms in total. The number of fused-ring (bicyclic) bond motifs is 1. The molecule has 5 heterocycles. The van der Waals surface area contributed by atoms with Crippen LogP contribution < -0.4 is 10.2 Å². The molecular formula is C27H23BrN10OS. The fourth-order valence-corrected chi connectivity index (χ4v) is 6.25. The molecule has 0 atom stereocenters. The molecule has 0 unspecified atom stereocenters. The fourth-order valence-electron chi connectivity index (χ4n) is 4.59. The molecule has 1 aliphatic heterocycles. The minimum Gasteiger partial charge on any atom is -0.335 e. The number of benzene rings is 1. The molecule has 200 valence electrons. The summed E-state index contributed by atoms with van der Waals surface area (Å²) in [6, 6.07) is 10.4. The molecule has 0 bridgehead atoms. The maximum atomic E-state index is 12.7. The second-order valence-corrected chi connectivity index (χ2v) is 11.4. The zero-order chi connectivity index (χ0) is 27.8. The average molecular weight is 616 g/mol. The highest BCUT2D eigenvalue weighted by molar-refractivity contribution is 9.10. The normalized spacial score (nSPS) is 12.7. The van der Waals surface area contributed by atoms with Crippen LogP contribution in [0.3, 0.4) is 0 Å². The average Bonchev–Trinajstić information content (AvgIpc) is 3.64. The van der Waals surface area contributed by atoms with E-state index in [2.05, 4.69) is 69.5 Å². The standard InChI is InChI=1S/C27H23BrN10OS/c1-16-33-24(35-38(16)13-17-4-3-5-20(28)8-17)18-10-30-27(31-11-18)37-7-6-21-22(9-29)26(40-23(21)15-37)34-25(39)19-12-32-36(2)14-19/h3-5,8,10-12,14H,6-7,13,15H2,1-2H3,(H,34,39). The predicted molar refractivity (Wildman–Crippen MR) is 154 cm³/mol. The van der Waals surface area contributed by atoms with Crippen LogP contribution in [0.4, 0.5) is 10.9 Å². The Bertz CT molecular complexity index is 1760. The lowest BCUT2D eigenvalue weighted by Crippen LogP contribution is -2.31. The number of amides is 1. The number of aromatic nitrogens is 7. The van der Waals surface area contributed by atoms with Crippen LogP contribution in [-0.4, -0.2) is 47.0 Å². The minimum absolute atomic E-state index is 0.290. The molecule has 1 N–H and O–H groups in total. The van der Waals surface area contributed by atoms with Gasteiger partial charge in [0.1, 0.15) is 16.9 Å². The van der Waals surface area contributed by atoms with Crippen LogP contribution in [0.1, 0.15) is 37.7 Å². The Morgan fingerprint density at radius 3 is 2.80 bits per heavy atom. The molecule has 1 aromatic carbocycles. The molecule has 0 saturated heterocycles. The number of nitrogens with zero attached hydrogens (tertiary/aromatic N) is 9. The Morgan fingerprint density at radius 2 is 2.08 bits per heavy atom. The van der Waals surface area contributed by atoms with Gasteiger partial charge in [-0.05, 0) is 36.6 Å². The Kier molecular flexibility index (Phi) is 6.87. The maximum Gasteiger partial charge on any atom is 0.259 e. The number of anilines is 2. The summed E-state index contributed by atoms with van der Waals surface area (Å²) in [5.41, 5.74) is 3.79. The van der Waals surface area contributed by atoms with Crippen LogP contribution in [0.15, 0.2) is 53.5 Å². The summed E-state index contributed by atoms with van der Waals surface area (Å²) >= 11 is 4.93. The molecule has 40 heavy (non-hydrogen) atoms. The van der Waals surface area contributed by atoms with Gasteiger partial charge >= 0.3 is 0 Å². The summed E-state index contributed by atoms with van der Waals surface area (Å²) < 4.78 is 4.45. The van der Waals surface area contributed by atoms with Gasteiger partial charge in [-0.3, -0.25) is 9.48 Å². The zero-order valence-corrected chi connectivity index (χ0v) is 24.1. The lowest BCUT2D eigenvalue weighted by atomic mass is 10.0. The largest absolute Gasteiger partial charge is 0.335 e. The first kappa shape index (κ1) is 25.8. The van der Waals surface area contributed by atoms with E-state index in [0.29, 0.717) is 54.0 Å². The molecule has 0 spiro atoms. The summed E-state index contributed by atoms with van der Waals surface area (Å²) in [7, 11) is 1.75. The van der Waals surface area contributed by atoms with Crippen LogP contribution in [-0.2, 0) is 26.6 Å². The molecular weight excluding hydrogens is 592 g/mol. The van der Waals surface area contributed by atoms with Crippen molar-refractivity contribution in [2.24, 2.45) is 7.05 Å². The third-order valence-electron chi connectivity index (χ3n) is 6.62. The van der Waals surface area contributed by atoms with Crippen molar-refractivity contribution >= 4 is 44.1 Å². The number of nitrogens with one attached hydrogen (secondary N) is 1. The molecule has 5 aromatic rings. The predicted octanol–water partition coefficient (Wildman–Crippen LogP) is 4.34. The number of carbonyl (C=O) groups is 1. The van der Waals surface area contributed by atoms with E-state index in [4.69, 9.17) is 0 Å². The van der Waals surface area contributed by atoms with Crippen molar-refractivity contribution in [2.75, 3.05) is 16.8 Å². The van der Waals surface area contributed by atoms with Crippen molar-refractivity contribution in [1.82, 2.24) is 34.5 Å². The number of hydrogen-bond acceptors (Lipinski definition) is 9. The lowest BCUT2D eigenvalue weighted by molar-refractivity contribution is 0.102. The van der Waals surface area contributed by atoms with E-state index < -0.39 is 0 Å². The Labute approximate surface area is 242 Å². The van der Waals surface area contributed by atoms with Crippen LogP contribution in [0.2, 0.25) is 0 Å². The Morgan fingerprint density at radius 1 is 1.25 bits per heavy atom. The van der Waals surface area contributed by atoms with Crippen molar-refractivity contribution in [3.63, 3.8) is 0 Å². The second kappa shape index (κ2) is 10.6. The highest BCUT2D eigenvalue weighted by atomic mass is 79.9. The number of aryl methyl sites for hydroxylation is 2. The summed E-state index contributed by atoms with van der Waals surface area (Å²) in [6.07, 6.45) is 7.28. The number of halogens is 1. The fraction of sp³-hybridized carbons (Fsp3) is 0.222. The van der Waals surface area contributed by atoms with Crippen molar-refractivity contribution in [3.8, 4) is 17.5 Å². The van der Waals surface area contributed by atoms with Gasteiger partial charge in [0.2, 0.25) is 5.95 Å². The smallest absolute Gasteiger partial charge is 0.259 e. The van der Waals surface area contributed by atoms with Gasteiger partial charge in [-0.2, -0.15) is 15.5 Å². The molecule has 6 rings (SSSR count). The first-order valence-electron chi connectivity index (χ1n) is 12.5. The van der Waals surface area contributed by atoms with E-state index >= 15 is 0 Å². The van der Waals surface area contributed by atoms with E-state index in [1.165, 1.54) is 17.5 Å². The van der Waals surface area contributed by atoms with Crippen LogP contribution in [0, 0.1) is 18.3 Å². The topological polar surface area (TPSA) is 130 Å². The minimum atomic E-state index is -0.290. The molecule has 13 heteroatoms. The number of carbonyl (C=O) groups excluding carboxylic acids is 1. The van der Waals surface area contributed by atoms with E-state index in [0.717, 1.165) is 31.9 Å².